The van der Waals surface area contributed by atoms with Gasteiger partial charge in [-0.1, -0.05) is 54.6 Å². The molecule has 6 heteroatoms. The lowest BCUT2D eigenvalue weighted by Gasteiger charge is -2.18. The van der Waals surface area contributed by atoms with Crippen LogP contribution in [0.1, 0.15) is 13.8 Å². The summed E-state index contributed by atoms with van der Waals surface area (Å²) in [5.74, 6) is -0.0766. The van der Waals surface area contributed by atoms with Gasteiger partial charge in [-0.3, -0.25) is 14.2 Å². The first-order valence-electron chi connectivity index (χ1n) is 10.0. The highest BCUT2D eigenvalue weighted by molar-refractivity contribution is 7.17. The van der Waals surface area contributed by atoms with Gasteiger partial charge in [-0.2, -0.15) is 0 Å². The van der Waals surface area contributed by atoms with Crippen LogP contribution in [0, 0.1) is 0 Å². The van der Waals surface area contributed by atoms with Crippen LogP contribution >= 0.6 is 11.3 Å². The number of fused-ring (bicyclic) bond motifs is 1. The SMILES string of the molecule is CCN(CC)C(=O)Cn1cnc2scc(-c3ccc(-c4ccccc4)cc3)c2c1=O. The molecule has 2 heterocycles. The molecule has 5 nitrogen and oxygen atoms in total. The van der Waals surface area contributed by atoms with Crippen LogP contribution in [-0.4, -0.2) is 33.4 Å². The van der Waals surface area contributed by atoms with E-state index in [9.17, 15) is 9.59 Å². The van der Waals surface area contributed by atoms with Gasteiger partial charge in [-0.15, -0.1) is 11.3 Å². The third-order valence-electron chi connectivity index (χ3n) is 5.29. The van der Waals surface area contributed by atoms with E-state index < -0.39 is 0 Å². The maximum atomic E-state index is 13.2. The molecule has 0 saturated heterocycles. The maximum Gasteiger partial charge on any atom is 0.263 e. The van der Waals surface area contributed by atoms with Crippen molar-refractivity contribution in [2.45, 2.75) is 20.4 Å². The third-order valence-corrected chi connectivity index (χ3v) is 6.17. The molecule has 0 radical (unpaired) electrons. The molecule has 30 heavy (non-hydrogen) atoms. The molecule has 0 aliphatic rings. The van der Waals surface area contributed by atoms with Gasteiger partial charge in [-0.05, 0) is 30.5 Å². The van der Waals surface area contributed by atoms with Crippen LogP contribution < -0.4 is 5.56 Å². The number of rotatable bonds is 6. The van der Waals surface area contributed by atoms with Crippen molar-refractivity contribution in [1.29, 1.82) is 0 Å². The van der Waals surface area contributed by atoms with Gasteiger partial charge in [0, 0.05) is 24.0 Å². The minimum absolute atomic E-state index is 0.00564. The Hall–Kier alpha value is -3.25. The number of benzene rings is 2. The van der Waals surface area contributed by atoms with Crippen LogP contribution in [-0.2, 0) is 11.3 Å². The predicted octanol–water partition coefficient (Wildman–Crippen LogP) is 4.66. The number of aromatic nitrogens is 2. The van der Waals surface area contributed by atoms with Crippen LogP contribution in [0.3, 0.4) is 0 Å². The standard InChI is InChI=1S/C24H23N3O2S/c1-3-26(4-2)21(28)14-27-16-25-23-22(24(27)29)20(15-30-23)19-12-10-18(11-13-19)17-8-6-5-7-9-17/h5-13,15-16H,3-4,14H2,1-2H3. The van der Waals surface area contributed by atoms with Crippen LogP contribution in [0.4, 0.5) is 0 Å². The second-order valence-corrected chi connectivity index (χ2v) is 7.87. The summed E-state index contributed by atoms with van der Waals surface area (Å²) in [5.41, 5.74) is 3.92. The van der Waals surface area contributed by atoms with E-state index in [-0.39, 0.29) is 18.0 Å². The largest absolute Gasteiger partial charge is 0.342 e. The molecule has 0 saturated carbocycles. The van der Waals surface area contributed by atoms with E-state index in [4.69, 9.17) is 0 Å². The van der Waals surface area contributed by atoms with Crippen molar-refractivity contribution < 1.29 is 4.79 Å². The van der Waals surface area contributed by atoms with Crippen LogP contribution in [0.25, 0.3) is 32.5 Å². The number of hydrogen-bond donors (Lipinski definition) is 0. The van der Waals surface area contributed by atoms with Crippen LogP contribution in [0.5, 0.6) is 0 Å². The number of amides is 1. The molecule has 2 aromatic heterocycles. The molecular weight excluding hydrogens is 394 g/mol. The number of likely N-dealkylation sites (N-methyl/N-ethyl adjacent to an activating group) is 1. The van der Waals surface area contributed by atoms with Gasteiger partial charge in [0.05, 0.1) is 11.7 Å². The Morgan fingerprint density at radius 1 is 0.967 bits per heavy atom. The van der Waals surface area contributed by atoms with Gasteiger partial charge >= 0.3 is 0 Å². The number of hydrogen-bond acceptors (Lipinski definition) is 4. The van der Waals surface area contributed by atoms with Gasteiger partial charge in [0.25, 0.3) is 5.56 Å². The van der Waals surface area contributed by atoms with Crippen molar-refractivity contribution in [3.05, 3.63) is 76.7 Å². The summed E-state index contributed by atoms with van der Waals surface area (Å²) in [6.45, 7) is 5.11. The van der Waals surface area contributed by atoms with E-state index in [2.05, 4.69) is 29.2 Å². The molecule has 0 spiro atoms. The van der Waals surface area contributed by atoms with Crippen molar-refractivity contribution in [1.82, 2.24) is 14.5 Å². The number of carbonyl (C=O) groups is 1. The maximum absolute atomic E-state index is 13.2. The zero-order chi connectivity index (χ0) is 21.1. The molecule has 0 N–H and O–H groups in total. The summed E-state index contributed by atoms with van der Waals surface area (Å²) in [5, 5.41) is 2.54. The monoisotopic (exact) mass is 417 g/mol. The minimum Gasteiger partial charge on any atom is -0.342 e. The molecular formula is C24H23N3O2S. The van der Waals surface area contributed by atoms with Gasteiger partial charge in [-0.25, -0.2) is 4.98 Å². The van der Waals surface area contributed by atoms with Crippen molar-refractivity contribution in [3.8, 4) is 22.3 Å². The van der Waals surface area contributed by atoms with E-state index in [1.165, 1.54) is 22.2 Å². The summed E-state index contributed by atoms with van der Waals surface area (Å²) in [4.78, 5) is 32.5. The normalized spacial score (nSPS) is 11.0. The van der Waals surface area contributed by atoms with E-state index in [0.29, 0.717) is 23.3 Å². The van der Waals surface area contributed by atoms with Crippen LogP contribution in [0.2, 0.25) is 0 Å². The number of carbonyl (C=O) groups excluding carboxylic acids is 1. The minimum atomic E-state index is -0.177. The predicted molar refractivity (Wildman–Crippen MR) is 123 cm³/mol. The average Bonchev–Trinajstić information content (AvgIpc) is 3.22. The second-order valence-electron chi connectivity index (χ2n) is 7.02. The Kier molecular flexibility index (Phi) is 5.77. The molecule has 0 aliphatic heterocycles. The highest BCUT2D eigenvalue weighted by Crippen LogP contribution is 2.32. The molecule has 0 bridgehead atoms. The fourth-order valence-electron chi connectivity index (χ4n) is 3.59. The fraction of sp³-hybridized carbons (Fsp3) is 0.208. The highest BCUT2D eigenvalue weighted by Gasteiger charge is 2.16. The Morgan fingerprint density at radius 3 is 2.27 bits per heavy atom. The molecule has 152 valence electrons. The van der Waals surface area contributed by atoms with E-state index in [1.54, 1.807) is 4.90 Å². The number of thiophene rings is 1. The molecule has 0 aliphatic carbocycles. The topological polar surface area (TPSA) is 55.2 Å². The molecule has 0 atom stereocenters. The molecule has 1 amide bonds. The van der Waals surface area contributed by atoms with Crippen molar-refractivity contribution in [2.75, 3.05) is 13.1 Å². The smallest absolute Gasteiger partial charge is 0.263 e. The molecule has 4 rings (SSSR count). The van der Waals surface area contributed by atoms with Gasteiger partial charge in [0.1, 0.15) is 11.4 Å². The summed E-state index contributed by atoms with van der Waals surface area (Å²) in [6.07, 6.45) is 1.48. The fourth-order valence-corrected chi connectivity index (χ4v) is 4.49. The van der Waals surface area contributed by atoms with Crippen LogP contribution in [0.15, 0.2) is 71.1 Å². The Labute approximate surface area is 179 Å². The summed E-state index contributed by atoms with van der Waals surface area (Å²) >= 11 is 1.45. The Morgan fingerprint density at radius 2 is 1.60 bits per heavy atom. The number of nitrogens with zero attached hydrogens (tertiary/aromatic N) is 3. The molecule has 0 fully saturated rings. The lowest BCUT2D eigenvalue weighted by Crippen LogP contribution is -2.36. The highest BCUT2D eigenvalue weighted by atomic mass is 32.1. The van der Waals surface area contributed by atoms with Crippen molar-refractivity contribution >= 4 is 27.5 Å². The lowest BCUT2D eigenvalue weighted by atomic mass is 10.0. The van der Waals surface area contributed by atoms with Gasteiger partial charge in [0.2, 0.25) is 5.91 Å². The summed E-state index contributed by atoms with van der Waals surface area (Å²) in [7, 11) is 0. The van der Waals surface area contributed by atoms with E-state index in [0.717, 1.165) is 22.3 Å². The average molecular weight is 418 g/mol. The lowest BCUT2D eigenvalue weighted by molar-refractivity contribution is -0.131. The zero-order valence-corrected chi connectivity index (χ0v) is 17.9. The Balaban J connectivity index is 1.70. The summed E-state index contributed by atoms with van der Waals surface area (Å²) < 4.78 is 1.41. The quantitative estimate of drug-likeness (QED) is 0.458. The van der Waals surface area contributed by atoms with Crippen molar-refractivity contribution in [3.63, 3.8) is 0 Å². The first-order valence-corrected chi connectivity index (χ1v) is 10.9. The van der Waals surface area contributed by atoms with E-state index >= 15 is 0 Å². The Bertz CT molecular complexity index is 1220. The van der Waals surface area contributed by atoms with Gasteiger partial charge in [0.15, 0.2) is 0 Å². The summed E-state index contributed by atoms with van der Waals surface area (Å²) in [6, 6.07) is 18.4. The first kappa shape index (κ1) is 20.0. The molecule has 0 unspecified atom stereocenters. The van der Waals surface area contributed by atoms with Crippen molar-refractivity contribution in [2.24, 2.45) is 0 Å². The molecule has 2 aromatic carbocycles. The van der Waals surface area contributed by atoms with Gasteiger partial charge < -0.3 is 4.90 Å². The second kappa shape index (κ2) is 8.63. The third kappa shape index (κ3) is 3.78. The molecule has 4 aromatic rings. The van der Waals surface area contributed by atoms with E-state index in [1.807, 2.05) is 49.6 Å². The first-order chi connectivity index (χ1) is 14.6. The zero-order valence-electron chi connectivity index (χ0n) is 17.0.